The van der Waals surface area contributed by atoms with Gasteiger partial charge in [0.15, 0.2) is 11.5 Å². The average molecular weight is 283 g/mol. The highest BCUT2D eigenvalue weighted by atomic mass is 16.6. The number of hydrogen-bond donors (Lipinski definition) is 1. The Kier molecular flexibility index (Phi) is 3.74. The van der Waals surface area contributed by atoms with E-state index in [2.05, 4.69) is 38.2 Å². The Morgan fingerprint density at radius 2 is 1.57 bits per heavy atom. The molecule has 3 rings (SSSR count). The zero-order chi connectivity index (χ0) is 14.8. The third-order valence-electron chi connectivity index (χ3n) is 3.98. The van der Waals surface area contributed by atoms with Gasteiger partial charge < -0.3 is 14.8 Å². The number of anilines is 1. The molecule has 0 bridgehead atoms. The van der Waals surface area contributed by atoms with Crippen LogP contribution in [0.1, 0.15) is 22.3 Å². The van der Waals surface area contributed by atoms with E-state index >= 15 is 0 Å². The first-order valence-corrected chi connectivity index (χ1v) is 7.34. The summed E-state index contributed by atoms with van der Waals surface area (Å²) >= 11 is 0. The van der Waals surface area contributed by atoms with Crippen molar-refractivity contribution >= 4 is 5.69 Å². The van der Waals surface area contributed by atoms with Gasteiger partial charge in [-0.05, 0) is 55.2 Å². The van der Waals surface area contributed by atoms with Crippen molar-refractivity contribution in [2.24, 2.45) is 0 Å². The first-order chi connectivity index (χ1) is 10.1. The Morgan fingerprint density at radius 3 is 2.38 bits per heavy atom. The Labute approximate surface area is 125 Å². The minimum absolute atomic E-state index is 0.618. The predicted molar refractivity (Wildman–Crippen MR) is 85.4 cm³/mol. The maximum absolute atomic E-state index is 5.61. The zero-order valence-corrected chi connectivity index (χ0v) is 12.8. The topological polar surface area (TPSA) is 30.5 Å². The van der Waals surface area contributed by atoms with Crippen molar-refractivity contribution in [3.8, 4) is 11.5 Å². The van der Waals surface area contributed by atoms with Crippen molar-refractivity contribution in [1.29, 1.82) is 0 Å². The Hall–Kier alpha value is -2.16. The molecule has 2 aromatic carbocycles. The standard InChI is InChI=1S/C18H21NO2/c1-12-8-14(3)15(9-13(12)2)11-19-16-4-5-17-18(10-16)21-7-6-20-17/h4-5,8-10,19H,6-7,11H2,1-3H3. The second-order valence-corrected chi connectivity index (χ2v) is 5.57. The molecule has 1 aliphatic heterocycles. The normalized spacial score (nSPS) is 13.1. The molecule has 1 aliphatic rings. The van der Waals surface area contributed by atoms with Gasteiger partial charge in [-0.1, -0.05) is 12.1 Å². The zero-order valence-electron chi connectivity index (χ0n) is 12.8. The van der Waals surface area contributed by atoms with E-state index in [0.29, 0.717) is 13.2 Å². The van der Waals surface area contributed by atoms with E-state index < -0.39 is 0 Å². The number of aryl methyl sites for hydroxylation is 3. The van der Waals surface area contributed by atoms with Crippen LogP contribution in [-0.4, -0.2) is 13.2 Å². The molecule has 0 atom stereocenters. The summed E-state index contributed by atoms with van der Waals surface area (Å²) in [5.74, 6) is 1.65. The highest BCUT2D eigenvalue weighted by Gasteiger charge is 2.11. The second-order valence-electron chi connectivity index (χ2n) is 5.57. The third kappa shape index (κ3) is 2.97. The van der Waals surface area contributed by atoms with E-state index in [9.17, 15) is 0 Å². The summed E-state index contributed by atoms with van der Waals surface area (Å²) in [5.41, 5.74) is 6.38. The van der Waals surface area contributed by atoms with Crippen LogP contribution in [0.25, 0.3) is 0 Å². The molecule has 3 heteroatoms. The number of hydrogen-bond acceptors (Lipinski definition) is 3. The number of ether oxygens (including phenoxy) is 2. The van der Waals surface area contributed by atoms with Gasteiger partial charge in [-0.3, -0.25) is 0 Å². The third-order valence-corrected chi connectivity index (χ3v) is 3.98. The van der Waals surface area contributed by atoms with Crippen molar-refractivity contribution in [3.05, 3.63) is 52.6 Å². The van der Waals surface area contributed by atoms with Crippen LogP contribution in [0, 0.1) is 20.8 Å². The molecule has 0 saturated carbocycles. The molecule has 0 spiro atoms. The van der Waals surface area contributed by atoms with E-state index in [4.69, 9.17) is 9.47 Å². The van der Waals surface area contributed by atoms with Crippen molar-refractivity contribution in [2.75, 3.05) is 18.5 Å². The minimum Gasteiger partial charge on any atom is -0.486 e. The lowest BCUT2D eigenvalue weighted by molar-refractivity contribution is 0.171. The summed E-state index contributed by atoms with van der Waals surface area (Å²) in [6.45, 7) is 8.52. The molecule has 0 amide bonds. The van der Waals surface area contributed by atoms with E-state index in [-0.39, 0.29) is 0 Å². The second kappa shape index (κ2) is 5.68. The summed E-state index contributed by atoms with van der Waals surface area (Å²) in [6.07, 6.45) is 0. The van der Waals surface area contributed by atoms with Gasteiger partial charge in [0.2, 0.25) is 0 Å². The average Bonchev–Trinajstić information content (AvgIpc) is 2.49. The summed E-state index contributed by atoms with van der Waals surface area (Å²) in [4.78, 5) is 0. The fourth-order valence-corrected chi connectivity index (χ4v) is 2.56. The van der Waals surface area contributed by atoms with Crippen molar-refractivity contribution in [2.45, 2.75) is 27.3 Å². The minimum atomic E-state index is 0.618. The fourth-order valence-electron chi connectivity index (χ4n) is 2.56. The molecular formula is C18H21NO2. The van der Waals surface area contributed by atoms with Crippen LogP contribution in [0.5, 0.6) is 11.5 Å². The molecule has 21 heavy (non-hydrogen) atoms. The fraction of sp³-hybridized carbons (Fsp3) is 0.333. The van der Waals surface area contributed by atoms with Crippen LogP contribution < -0.4 is 14.8 Å². The lowest BCUT2D eigenvalue weighted by Gasteiger charge is -2.19. The van der Waals surface area contributed by atoms with Crippen LogP contribution in [0.15, 0.2) is 30.3 Å². The molecule has 0 radical (unpaired) electrons. The molecule has 0 fully saturated rings. The van der Waals surface area contributed by atoms with Crippen LogP contribution >= 0.6 is 0 Å². The van der Waals surface area contributed by atoms with E-state index in [1.54, 1.807) is 0 Å². The van der Waals surface area contributed by atoms with Gasteiger partial charge in [-0.2, -0.15) is 0 Å². The molecule has 0 aliphatic carbocycles. The van der Waals surface area contributed by atoms with E-state index in [0.717, 1.165) is 23.7 Å². The maximum atomic E-state index is 5.61. The molecule has 0 aromatic heterocycles. The highest BCUT2D eigenvalue weighted by molar-refractivity contribution is 5.55. The number of nitrogens with one attached hydrogen (secondary N) is 1. The first-order valence-electron chi connectivity index (χ1n) is 7.34. The van der Waals surface area contributed by atoms with E-state index in [1.165, 1.54) is 22.3 Å². The summed E-state index contributed by atoms with van der Waals surface area (Å²) in [6, 6.07) is 10.5. The van der Waals surface area contributed by atoms with Gasteiger partial charge >= 0.3 is 0 Å². The lowest BCUT2D eigenvalue weighted by atomic mass is 10.0. The van der Waals surface area contributed by atoms with Crippen molar-refractivity contribution in [3.63, 3.8) is 0 Å². The molecule has 1 N–H and O–H groups in total. The van der Waals surface area contributed by atoms with E-state index in [1.807, 2.05) is 18.2 Å². The van der Waals surface area contributed by atoms with Crippen molar-refractivity contribution < 1.29 is 9.47 Å². The monoisotopic (exact) mass is 283 g/mol. The van der Waals surface area contributed by atoms with Gasteiger partial charge in [-0.25, -0.2) is 0 Å². The number of rotatable bonds is 3. The van der Waals surface area contributed by atoms with Gasteiger partial charge in [0.05, 0.1) is 0 Å². The first kappa shape index (κ1) is 13.8. The van der Waals surface area contributed by atoms with Gasteiger partial charge in [-0.15, -0.1) is 0 Å². The maximum Gasteiger partial charge on any atom is 0.163 e. The lowest BCUT2D eigenvalue weighted by Crippen LogP contribution is -2.15. The SMILES string of the molecule is Cc1cc(C)c(CNc2ccc3c(c2)OCCO3)cc1C. The Bertz CT molecular complexity index is 665. The molecule has 1 heterocycles. The molecule has 110 valence electrons. The molecule has 2 aromatic rings. The molecule has 0 saturated heterocycles. The van der Waals surface area contributed by atoms with Crippen LogP contribution in [0.2, 0.25) is 0 Å². The summed E-state index contributed by atoms with van der Waals surface area (Å²) < 4.78 is 11.1. The van der Waals surface area contributed by atoms with Crippen molar-refractivity contribution in [1.82, 2.24) is 0 Å². The smallest absolute Gasteiger partial charge is 0.163 e. The summed E-state index contributed by atoms with van der Waals surface area (Å²) in [5, 5.41) is 3.46. The number of fused-ring (bicyclic) bond motifs is 1. The Morgan fingerprint density at radius 1 is 0.857 bits per heavy atom. The number of benzene rings is 2. The largest absolute Gasteiger partial charge is 0.486 e. The van der Waals surface area contributed by atoms with Crippen LogP contribution in [-0.2, 0) is 6.54 Å². The molecule has 0 unspecified atom stereocenters. The van der Waals surface area contributed by atoms with Crippen LogP contribution in [0.3, 0.4) is 0 Å². The van der Waals surface area contributed by atoms with Gasteiger partial charge in [0, 0.05) is 18.3 Å². The predicted octanol–water partition coefficient (Wildman–Crippen LogP) is 4.00. The van der Waals surface area contributed by atoms with Crippen LogP contribution in [0.4, 0.5) is 5.69 Å². The molecule has 3 nitrogen and oxygen atoms in total. The summed E-state index contributed by atoms with van der Waals surface area (Å²) in [7, 11) is 0. The Balaban J connectivity index is 1.74. The quantitative estimate of drug-likeness (QED) is 0.923. The van der Waals surface area contributed by atoms with Gasteiger partial charge in [0.1, 0.15) is 13.2 Å². The van der Waals surface area contributed by atoms with Gasteiger partial charge in [0.25, 0.3) is 0 Å². The molecular weight excluding hydrogens is 262 g/mol. The highest BCUT2D eigenvalue weighted by Crippen LogP contribution is 2.32.